The van der Waals surface area contributed by atoms with Crippen LogP contribution in [0.1, 0.15) is 32.6 Å². The highest BCUT2D eigenvalue weighted by Crippen LogP contribution is 2.25. The van der Waals surface area contributed by atoms with E-state index in [1.165, 1.54) is 0 Å². The summed E-state index contributed by atoms with van der Waals surface area (Å²) in [7, 11) is 0. The van der Waals surface area contributed by atoms with Gasteiger partial charge in [-0.2, -0.15) is 0 Å². The molecule has 2 rings (SSSR count). The number of piperidine rings is 1. The molecular weight excluding hydrogens is 260 g/mol. The van der Waals surface area contributed by atoms with Crippen LogP contribution in [0.3, 0.4) is 0 Å². The van der Waals surface area contributed by atoms with Crippen molar-refractivity contribution in [2.75, 3.05) is 26.2 Å². The Kier molecular flexibility index (Phi) is 4.62. The summed E-state index contributed by atoms with van der Waals surface area (Å²) in [6.07, 6.45) is 2.00. The lowest BCUT2D eigenvalue weighted by Crippen LogP contribution is -2.42. The third-order valence-corrected chi connectivity index (χ3v) is 4.33. The molecule has 20 heavy (non-hydrogen) atoms. The van der Waals surface area contributed by atoms with E-state index in [2.05, 4.69) is 0 Å². The van der Waals surface area contributed by atoms with Crippen molar-refractivity contribution in [2.45, 2.75) is 32.6 Å². The number of carbonyl (C=O) groups is 3. The lowest BCUT2D eigenvalue weighted by molar-refractivity contribution is -0.139. The number of carbonyl (C=O) groups excluding carboxylic acids is 2. The van der Waals surface area contributed by atoms with E-state index in [1.807, 2.05) is 6.92 Å². The smallest absolute Gasteiger partial charge is 0.303 e. The quantitative estimate of drug-likeness (QED) is 0.817. The molecule has 0 aromatic carbocycles. The van der Waals surface area contributed by atoms with Crippen LogP contribution in [-0.2, 0) is 14.4 Å². The molecule has 2 heterocycles. The SMILES string of the molecule is CCN1CC(C(=O)N2CCC(CC(=O)O)CC2)CC1=O. The molecule has 0 radical (unpaired) electrons. The van der Waals surface area contributed by atoms with Gasteiger partial charge in [0.2, 0.25) is 11.8 Å². The molecule has 0 spiro atoms. The van der Waals surface area contributed by atoms with Gasteiger partial charge in [0, 0.05) is 39.0 Å². The molecule has 0 bridgehead atoms. The number of rotatable bonds is 4. The summed E-state index contributed by atoms with van der Waals surface area (Å²) < 4.78 is 0. The van der Waals surface area contributed by atoms with Gasteiger partial charge < -0.3 is 14.9 Å². The Balaban J connectivity index is 1.83. The van der Waals surface area contributed by atoms with E-state index in [9.17, 15) is 14.4 Å². The molecule has 2 aliphatic heterocycles. The molecule has 2 fully saturated rings. The molecular formula is C14H22N2O4. The molecule has 0 aromatic heterocycles. The number of nitrogens with zero attached hydrogens (tertiary/aromatic N) is 2. The largest absolute Gasteiger partial charge is 0.481 e. The molecule has 112 valence electrons. The first kappa shape index (κ1) is 14.8. The van der Waals surface area contributed by atoms with Crippen molar-refractivity contribution in [3.05, 3.63) is 0 Å². The summed E-state index contributed by atoms with van der Waals surface area (Å²) in [5, 5.41) is 8.78. The second kappa shape index (κ2) is 6.24. The first-order valence-corrected chi connectivity index (χ1v) is 7.29. The minimum atomic E-state index is -0.769. The highest BCUT2D eigenvalue weighted by molar-refractivity contribution is 5.89. The third kappa shape index (κ3) is 3.29. The highest BCUT2D eigenvalue weighted by atomic mass is 16.4. The maximum absolute atomic E-state index is 12.4. The number of carboxylic acid groups (broad SMARTS) is 1. The molecule has 0 aliphatic carbocycles. The van der Waals surface area contributed by atoms with Crippen LogP contribution in [0.5, 0.6) is 0 Å². The number of aliphatic carboxylic acids is 1. The van der Waals surface area contributed by atoms with E-state index in [-0.39, 0.29) is 30.1 Å². The molecule has 2 saturated heterocycles. The fourth-order valence-electron chi connectivity index (χ4n) is 3.11. The Labute approximate surface area is 118 Å². The maximum Gasteiger partial charge on any atom is 0.303 e. The fourth-order valence-corrected chi connectivity index (χ4v) is 3.11. The van der Waals surface area contributed by atoms with Gasteiger partial charge in [0.15, 0.2) is 0 Å². The average molecular weight is 282 g/mol. The highest BCUT2D eigenvalue weighted by Gasteiger charge is 2.36. The Bertz CT molecular complexity index is 402. The second-order valence-electron chi connectivity index (χ2n) is 5.70. The molecule has 2 amide bonds. The Hall–Kier alpha value is -1.59. The first-order chi connectivity index (χ1) is 9.51. The van der Waals surface area contributed by atoms with Gasteiger partial charge in [-0.3, -0.25) is 14.4 Å². The Morgan fingerprint density at radius 3 is 2.45 bits per heavy atom. The summed E-state index contributed by atoms with van der Waals surface area (Å²) in [4.78, 5) is 38.2. The summed E-state index contributed by atoms with van der Waals surface area (Å²) in [6, 6.07) is 0. The summed E-state index contributed by atoms with van der Waals surface area (Å²) in [6.45, 7) is 4.34. The molecule has 1 unspecified atom stereocenters. The zero-order valence-corrected chi connectivity index (χ0v) is 11.9. The number of amides is 2. The van der Waals surface area contributed by atoms with Crippen molar-refractivity contribution in [3.63, 3.8) is 0 Å². The van der Waals surface area contributed by atoms with Crippen molar-refractivity contribution in [3.8, 4) is 0 Å². The van der Waals surface area contributed by atoms with Gasteiger partial charge in [0.25, 0.3) is 0 Å². The zero-order chi connectivity index (χ0) is 14.7. The third-order valence-electron chi connectivity index (χ3n) is 4.33. The molecule has 1 atom stereocenters. The van der Waals surface area contributed by atoms with Crippen LogP contribution in [-0.4, -0.2) is 58.9 Å². The second-order valence-corrected chi connectivity index (χ2v) is 5.70. The number of hydrogen-bond donors (Lipinski definition) is 1. The van der Waals surface area contributed by atoms with Gasteiger partial charge in [-0.05, 0) is 25.7 Å². The van der Waals surface area contributed by atoms with E-state index < -0.39 is 5.97 Å². The lowest BCUT2D eigenvalue weighted by atomic mass is 9.92. The van der Waals surface area contributed by atoms with Gasteiger partial charge in [0.05, 0.1) is 5.92 Å². The van der Waals surface area contributed by atoms with E-state index in [1.54, 1.807) is 9.80 Å². The van der Waals surface area contributed by atoms with Crippen LogP contribution >= 0.6 is 0 Å². The average Bonchev–Trinajstić information content (AvgIpc) is 2.79. The van der Waals surface area contributed by atoms with Crippen molar-refractivity contribution < 1.29 is 19.5 Å². The van der Waals surface area contributed by atoms with Gasteiger partial charge in [0.1, 0.15) is 0 Å². The van der Waals surface area contributed by atoms with Crippen LogP contribution in [0.25, 0.3) is 0 Å². The minimum Gasteiger partial charge on any atom is -0.481 e. The number of likely N-dealkylation sites (tertiary alicyclic amines) is 2. The van der Waals surface area contributed by atoms with Crippen LogP contribution in [0.4, 0.5) is 0 Å². The van der Waals surface area contributed by atoms with E-state index in [0.29, 0.717) is 32.6 Å². The van der Waals surface area contributed by atoms with Gasteiger partial charge >= 0.3 is 5.97 Å². The van der Waals surface area contributed by atoms with Crippen LogP contribution in [0, 0.1) is 11.8 Å². The van der Waals surface area contributed by atoms with E-state index >= 15 is 0 Å². The van der Waals surface area contributed by atoms with Gasteiger partial charge in [-0.25, -0.2) is 0 Å². The zero-order valence-electron chi connectivity index (χ0n) is 11.9. The van der Waals surface area contributed by atoms with E-state index in [4.69, 9.17) is 5.11 Å². The van der Waals surface area contributed by atoms with Gasteiger partial charge in [-0.1, -0.05) is 0 Å². The van der Waals surface area contributed by atoms with Gasteiger partial charge in [-0.15, -0.1) is 0 Å². The normalized spacial score (nSPS) is 24.2. The minimum absolute atomic E-state index is 0.0584. The number of carboxylic acids is 1. The molecule has 1 N–H and O–H groups in total. The monoisotopic (exact) mass is 282 g/mol. The molecule has 6 heteroatoms. The van der Waals surface area contributed by atoms with E-state index in [0.717, 1.165) is 12.8 Å². The molecule has 0 aromatic rings. The van der Waals surface area contributed by atoms with Crippen molar-refractivity contribution in [1.82, 2.24) is 9.80 Å². The summed E-state index contributed by atoms with van der Waals surface area (Å²) >= 11 is 0. The predicted octanol–water partition coefficient (Wildman–Crippen LogP) is 0.568. The predicted molar refractivity (Wildman–Crippen MR) is 71.9 cm³/mol. The van der Waals surface area contributed by atoms with Crippen LogP contribution < -0.4 is 0 Å². The summed E-state index contributed by atoms with van der Waals surface area (Å²) in [5.74, 6) is -0.684. The topological polar surface area (TPSA) is 77.9 Å². The van der Waals surface area contributed by atoms with Crippen molar-refractivity contribution in [2.24, 2.45) is 11.8 Å². The summed E-state index contributed by atoms with van der Waals surface area (Å²) in [5.41, 5.74) is 0. The van der Waals surface area contributed by atoms with Crippen molar-refractivity contribution in [1.29, 1.82) is 0 Å². The first-order valence-electron chi connectivity index (χ1n) is 7.29. The Morgan fingerprint density at radius 1 is 1.30 bits per heavy atom. The van der Waals surface area contributed by atoms with Crippen LogP contribution in [0.2, 0.25) is 0 Å². The molecule has 2 aliphatic rings. The van der Waals surface area contributed by atoms with Crippen molar-refractivity contribution >= 4 is 17.8 Å². The standard InChI is InChI=1S/C14H22N2O4/c1-2-15-9-11(8-12(15)17)14(20)16-5-3-10(4-6-16)7-13(18)19/h10-11H,2-9H2,1H3,(H,18,19). The fraction of sp³-hybridized carbons (Fsp3) is 0.786. The Morgan fingerprint density at radius 2 is 1.95 bits per heavy atom. The molecule has 6 nitrogen and oxygen atoms in total. The van der Waals surface area contributed by atoms with Crippen LogP contribution in [0.15, 0.2) is 0 Å². The molecule has 0 saturated carbocycles. The maximum atomic E-state index is 12.4. The lowest BCUT2D eigenvalue weighted by Gasteiger charge is -2.33. The number of hydrogen-bond acceptors (Lipinski definition) is 3.